The normalized spacial score (nSPS) is 17.5. The number of unbranched alkanes of at least 4 members (excludes halogenated alkanes) is 1. The van der Waals surface area contributed by atoms with Crippen molar-refractivity contribution < 1.29 is 14.0 Å². The van der Waals surface area contributed by atoms with Gasteiger partial charge in [0.05, 0.1) is 5.57 Å². The SMILES string of the molecule is C=C(NC(=NCCC)/C(C#CCCCN1C(=O)[C@@H](N(C)C(=O)/C=C/CN(C)C)CC1C)=C\N)Nc1cccc(F)c1. The van der Waals surface area contributed by atoms with Crippen LogP contribution in [0, 0.1) is 17.7 Å². The van der Waals surface area contributed by atoms with Gasteiger partial charge < -0.3 is 31.1 Å². The van der Waals surface area contributed by atoms with Crippen molar-refractivity contribution in [1.29, 1.82) is 0 Å². The molecule has 2 rings (SSSR count). The number of rotatable bonds is 13. The molecule has 0 aliphatic carbocycles. The van der Waals surface area contributed by atoms with Crippen LogP contribution in [0.1, 0.15) is 39.5 Å². The summed E-state index contributed by atoms with van der Waals surface area (Å²) in [6.07, 6.45) is 7.37. The van der Waals surface area contributed by atoms with Gasteiger partial charge in [-0.05, 0) is 58.5 Å². The monoisotopic (exact) mass is 565 g/mol. The maximum atomic E-state index is 13.5. The largest absolute Gasteiger partial charge is 0.403 e. The number of anilines is 1. The Hall–Kier alpha value is -4.10. The maximum absolute atomic E-state index is 13.5. The Balaban J connectivity index is 1.94. The number of aliphatic imine (C=N–C) groups is 1. The van der Waals surface area contributed by atoms with Gasteiger partial charge in [0.15, 0.2) is 0 Å². The van der Waals surface area contributed by atoms with Crippen molar-refractivity contribution in [2.24, 2.45) is 10.7 Å². The number of hydrogen-bond donors (Lipinski definition) is 3. The van der Waals surface area contributed by atoms with Gasteiger partial charge in [-0.1, -0.05) is 37.5 Å². The van der Waals surface area contributed by atoms with E-state index < -0.39 is 6.04 Å². The molecule has 1 aromatic carbocycles. The minimum absolute atomic E-state index is 0.0349. The zero-order chi connectivity index (χ0) is 30.4. The number of nitrogens with two attached hydrogens (primary N) is 1. The third-order valence-corrected chi connectivity index (χ3v) is 6.44. The molecule has 9 nitrogen and oxygen atoms in total. The molecule has 1 heterocycles. The van der Waals surface area contributed by atoms with E-state index in [0.29, 0.717) is 61.8 Å². The first kappa shape index (κ1) is 33.1. The van der Waals surface area contributed by atoms with Gasteiger partial charge in [0.1, 0.15) is 23.5 Å². The Morgan fingerprint density at radius 2 is 2.10 bits per heavy atom. The highest BCUT2D eigenvalue weighted by Crippen LogP contribution is 2.23. The molecule has 4 N–H and O–H groups in total. The summed E-state index contributed by atoms with van der Waals surface area (Å²) in [5.74, 6) is 6.50. The molecule has 0 aromatic heterocycles. The molecule has 1 aromatic rings. The van der Waals surface area contributed by atoms with E-state index >= 15 is 0 Å². The van der Waals surface area contributed by atoms with E-state index in [9.17, 15) is 14.0 Å². The molecule has 41 heavy (non-hydrogen) atoms. The number of hydrogen-bond acceptors (Lipinski definition) is 6. The van der Waals surface area contributed by atoms with Crippen molar-refractivity contribution in [3.05, 3.63) is 66.4 Å². The lowest BCUT2D eigenvalue weighted by Crippen LogP contribution is -2.42. The topological polar surface area (TPSA) is 106 Å². The third kappa shape index (κ3) is 10.8. The summed E-state index contributed by atoms with van der Waals surface area (Å²) < 4.78 is 13.5. The van der Waals surface area contributed by atoms with Gasteiger partial charge in [0, 0.05) is 57.1 Å². The second-order valence-corrected chi connectivity index (χ2v) is 10.2. The molecule has 0 spiro atoms. The number of nitrogens with one attached hydrogen (secondary N) is 2. The number of nitrogens with zero attached hydrogens (tertiary/aromatic N) is 4. The van der Waals surface area contributed by atoms with Crippen LogP contribution in [0.5, 0.6) is 0 Å². The Morgan fingerprint density at radius 3 is 2.76 bits per heavy atom. The predicted octanol–water partition coefficient (Wildman–Crippen LogP) is 3.30. The molecule has 222 valence electrons. The van der Waals surface area contributed by atoms with Gasteiger partial charge in [0.2, 0.25) is 11.8 Å². The quantitative estimate of drug-likeness (QED) is 0.111. The third-order valence-electron chi connectivity index (χ3n) is 6.44. The van der Waals surface area contributed by atoms with Crippen molar-refractivity contribution in [1.82, 2.24) is 20.0 Å². The zero-order valence-electron chi connectivity index (χ0n) is 24.9. The molecular weight excluding hydrogens is 521 g/mol. The Labute approximate surface area is 244 Å². The zero-order valence-corrected chi connectivity index (χ0v) is 24.9. The molecule has 1 saturated heterocycles. The van der Waals surface area contributed by atoms with Gasteiger partial charge in [0.25, 0.3) is 0 Å². The molecule has 0 saturated carbocycles. The summed E-state index contributed by atoms with van der Waals surface area (Å²) in [4.78, 5) is 35.5. The van der Waals surface area contributed by atoms with Crippen molar-refractivity contribution in [2.75, 3.05) is 46.1 Å². The molecule has 0 bridgehead atoms. The minimum atomic E-state index is -0.461. The summed E-state index contributed by atoms with van der Waals surface area (Å²) >= 11 is 0. The van der Waals surface area contributed by atoms with Crippen LogP contribution in [0.4, 0.5) is 10.1 Å². The standard InChI is InChI=1S/C31H44FN7O2/c1-7-17-34-30(36-24(3)35-27-15-11-14-26(32)21-27)25(22-33)13-9-8-10-19-39-23(2)20-28(31(39)41)38(6)29(40)16-12-18-37(4)5/h11-12,14-16,21-23,28,35H,3,7-8,10,17-20,33H2,1-2,4-6H3,(H,34,36)/b16-12+,25-22-/t23?,28-/m0/s1. The fourth-order valence-electron chi connectivity index (χ4n) is 4.26. The highest BCUT2D eigenvalue weighted by molar-refractivity contribution is 6.03. The average molecular weight is 566 g/mol. The summed E-state index contributed by atoms with van der Waals surface area (Å²) in [5, 5.41) is 6.10. The molecular formula is C31H44FN7O2. The average Bonchev–Trinajstić information content (AvgIpc) is 3.20. The molecule has 0 radical (unpaired) electrons. The molecule has 2 amide bonds. The van der Waals surface area contributed by atoms with Gasteiger partial charge >= 0.3 is 0 Å². The van der Waals surface area contributed by atoms with Crippen LogP contribution in [0.15, 0.2) is 65.6 Å². The lowest BCUT2D eigenvalue weighted by molar-refractivity contribution is -0.138. The van der Waals surface area contributed by atoms with Gasteiger partial charge in [-0.3, -0.25) is 14.6 Å². The summed E-state index contributed by atoms with van der Waals surface area (Å²) in [6, 6.07) is 5.64. The van der Waals surface area contributed by atoms with Crippen LogP contribution in [0.2, 0.25) is 0 Å². The molecule has 2 atom stereocenters. The Bertz CT molecular complexity index is 1210. The molecule has 1 unspecified atom stereocenters. The van der Waals surface area contributed by atoms with Gasteiger partial charge in [-0.2, -0.15) is 0 Å². The van der Waals surface area contributed by atoms with Crippen molar-refractivity contribution >= 4 is 23.3 Å². The first-order valence-electron chi connectivity index (χ1n) is 13.9. The number of carbonyl (C=O) groups is 2. The van der Waals surface area contributed by atoms with E-state index in [2.05, 4.69) is 34.0 Å². The van der Waals surface area contributed by atoms with E-state index in [1.54, 1.807) is 25.3 Å². The predicted molar refractivity (Wildman–Crippen MR) is 164 cm³/mol. The first-order valence-corrected chi connectivity index (χ1v) is 13.9. The Morgan fingerprint density at radius 1 is 1.34 bits per heavy atom. The van der Waals surface area contributed by atoms with E-state index in [-0.39, 0.29) is 23.7 Å². The number of likely N-dealkylation sites (tertiary alicyclic amines) is 1. The van der Waals surface area contributed by atoms with Crippen LogP contribution in [-0.4, -0.2) is 85.2 Å². The molecule has 1 aliphatic rings. The summed E-state index contributed by atoms with van der Waals surface area (Å²) in [5.41, 5.74) is 6.94. The number of likely N-dealkylation sites (N-methyl/N-ethyl adjacent to an activating group) is 2. The van der Waals surface area contributed by atoms with Crippen molar-refractivity contribution in [3.63, 3.8) is 0 Å². The lowest BCUT2D eigenvalue weighted by atomic mass is 10.1. The lowest BCUT2D eigenvalue weighted by Gasteiger charge is -2.23. The Kier molecular flexibility index (Phi) is 13.6. The fourth-order valence-corrected chi connectivity index (χ4v) is 4.26. The van der Waals surface area contributed by atoms with Crippen LogP contribution < -0.4 is 16.4 Å². The second kappa shape index (κ2) is 16.9. The van der Waals surface area contributed by atoms with E-state index in [1.165, 1.54) is 29.3 Å². The number of carbonyl (C=O) groups excluding carboxylic acids is 2. The van der Waals surface area contributed by atoms with Gasteiger partial charge in [-0.25, -0.2) is 4.39 Å². The van der Waals surface area contributed by atoms with E-state index in [4.69, 9.17) is 5.73 Å². The highest BCUT2D eigenvalue weighted by atomic mass is 19.1. The molecule has 1 aliphatic heterocycles. The van der Waals surface area contributed by atoms with Crippen molar-refractivity contribution in [3.8, 4) is 11.8 Å². The van der Waals surface area contributed by atoms with Gasteiger partial charge in [-0.15, -0.1) is 0 Å². The summed E-state index contributed by atoms with van der Waals surface area (Å²) in [6.45, 7) is 9.74. The highest BCUT2D eigenvalue weighted by Gasteiger charge is 2.40. The van der Waals surface area contributed by atoms with Crippen LogP contribution >= 0.6 is 0 Å². The number of amides is 2. The molecule has 10 heteroatoms. The fraction of sp³-hybridized carbons (Fsp3) is 0.452. The van der Waals surface area contributed by atoms with Crippen LogP contribution in [-0.2, 0) is 9.59 Å². The molecule has 1 fully saturated rings. The van der Waals surface area contributed by atoms with Crippen LogP contribution in [0.25, 0.3) is 0 Å². The smallest absolute Gasteiger partial charge is 0.246 e. The van der Waals surface area contributed by atoms with E-state index in [1.807, 2.05) is 37.7 Å². The van der Waals surface area contributed by atoms with Crippen LogP contribution in [0.3, 0.4) is 0 Å². The summed E-state index contributed by atoms with van der Waals surface area (Å²) in [7, 11) is 5.54. The first-order chi connectivity index (χ1) is 19.6. The van der Waals surface area contributed by atoms with E-state index in [0.717, 1.165) is 6.42 Å². The number of benzene rings is 1. The number of amidine groups is 1. The maximum Gasteiger partial charge on any atom is 0.246 e. The van der Waals surface area contributed by atoms with Crippen molar-refractivity contribution in [2.45, 2.75) is 51.6 Å². The minimum Gasteiger partial charge on any atom is -0.403 e. The second-order valence-electron chi connectivity index (χ2n) is 10.2. The number of halogens is 1.